The van der Waals surface area contributed by atoms with Crippen molar-refractivity contribution < 1.29 is 9.53 Å². The quantitative estimate of drug-likeness (QED) is 0.584. The first-order valence-electron chi connectivity index (χ1n) is 9.52. The molecule has 152 valence electrons. The van der Waals surface area contributed by atoms with Gasteiger partial charge in [0.05, 0.1) is 18.5 Å². The molecule has 7 heteroatoms. The van der Waals surface area contributed by atoms with E-state index in [-0.39, 0.29) is 11.0 Å². The van der Waals surface area contributed by atoms with E-state index >= 15 is 0 Å². The zero-order chi connectivity index (χ0) is 20.6. The van der Waals surface area contributed by atoms with Gasteiger partial charge in [-0.25, -0.2) is 0 Å². The molecule has 0 bridgehead atoms. The Morgan fingerprint density at radius 1 is 1.07 bits per heavy atom. The summed E-state index contributed by atoms with van der Waals surface area (Å²) in [6.45, 7) is 3.95. The van der Waals surface area contributed by atoms with E-state index in [1.54, 1.807) is 13.2 Å². The number of piperazine rings is 1. The topological polar surface area (TPSA) is 56.8 Å². The Labute approximate surface area is 177 Å². The van der Waals surface area contributed by atoms with E-state index in [9.17, 15) is 4.79 Å². The number of para-hydroxylation sites is 2. The van der Waals surface area contributed by atoms with E-state index in [1.165, 1.54) is 6.08 Å². The average Bonchev–Trinajstić information content (AvgIpc) is 2.73. The largest absolute Gasteiger partial charge is 0.497 e. The molecule has 0 spiro atoms. The number of nitrogens with one attached hydrogen (secondary N) is 2. The van der Waals surface area contributed by atoms with Crippen LogP contribution in [0.5, 0.6) is 5.75 Å². The van der Waals surface area contributed by atoms with Crippen LogP contribution in [0, 0.1) is 0 Å². The number of amides is 1. The molecule has 1 heterocycles. The molecule has 0 unspecified atom stereocenters. The summed E-state index contributed by atoms with van der Waals surface area (Å²) in [6.07, 6.45) is 3.19. The Hall–Kier alpha value is -2.90. The summed E-state index contributed by atoms with van der Waals surface area (Å²) in [5.41, 5.74) is 2.88. The Bertz CT molecular complexity index is 875. The van der Waals surface area contributed by atoms with Crippen LogP contribution in [0.2, 0.25) is 0 Å². The van der Waals surface area contributed by atoms with E-state index in [4.69, 9.17) is 17.0 Å². The molecule has 2 N–H and O–H groups in total. The molecule has 1 fully saturated rings. The van der Waals surface area contributed by atoms with Crippen molar-refractivity contribution in [2.75, 3.05) is 50.6 Å². The smallest absolute Gasteiger partial charge is 0.250 e. The van der Waals surface area contributed by atoms with Gasteiger partial charge in [0.1, 0.15) is 5.75 Å². The fourth-order valence-electron chi connectivity index (χ4n) is 3.10. The summed E-state index contributed by atoms with van der Waals surface area (Å²) in [4.78, 5) is 16.8. The number of anilines is 2. The van der Waals surface area contributed by atoms with Crippen molar-refractivity contribution in [1.82, 2.24) is 10.2 Å². The number of hydrogen-bond acceptors (Lipinski definition) is 5. The number of carbonyl (C=O) groups is 1. The third-order valence-electron chi connectivity index (χ3n) is 4.78. The first kappa shape index (κ1) is 20.8. The van der Waals surface area contributed by atoms with Crippen LogP contribution in [-0.4, -0.2) is 56.3 Å². The molecule has 1 saturated heterocycles. The van der Waals surface area contributed by atoms with Crippen molar-refractivity contribution in [2.45, 2.75) is 0 Å². The maximum absolute atomic E-state index is 12.2. The molecule has 0 atom stereocenters. The monoisotopic (exact) mass is 410 g/mol. The number of thiocarbonyl (C=S) groups is 1. The second kappa shape index (κ2) is 10.0. The van der Waals surface area contributed by atoms with Crippen LogP contribution in [-0.2, 0) is 4.79 Å². The van der Waals surface area contributed by atoms with E-state index in [1.807, 2.05) is 42.5 Å². The summed E-state index contributed by atoms with van der Waals surface area (Å²) in [6, 6.07) is 15.5. The van der Waals surface area contributed by atoms with Crippen LogP contribution in [0.1, 0.15) is 5.56 Å². The van der Waals surface area contributed by atoms with Crippen molar-refractivity contribution in [3.05, 3.63) is 60.2 Å². The highest BCUT2D eigenvalue weighted by molar-refractivity contribution is 7.80. The molecule has 0 radical (unpaired) electrons. The van der Waals surface area contributed by atoms with Crippen LogP contribution < -0.4 is 20.3 Å². The van der Waals surface area contributed by atoms with Crippen molar-refractivity contribution in [3.63, 3.8) is 0 Å². The maximum atomic E-state index is 12.2. The molecule has 2 aromatic carbocycles. The number of ether oxygens (including phenoxy) is 1. The lowest BCUT2D eigenvalue weighted by Crippen LogP contribution is -2.45. The molecule has 6 nitrogen and oxygen atoms in total. The van der Waals surface area contributed by atoms with Crippen molar-refractivity contribution >= 4 is 40.7 Å². The Morgan fingerprint density at radius 2 is 1.76 bits per heavy atom. The Morgan fingerprint density at radius 3 is 2.45 bits per heavy atom. The van der Waals surface area contributed by atoms with Gasteiger partial charge in [-0.2, -0.15) is 0 Å². The molecule has 3 rings (SSSR count). The third kappa shape index (κ3) is 6.04. The van der Waals surface area contributed by atoms with Crippen LogP contribution in [0.15, 0.2) is 54.6 Å². The van der Waals surface area contributed by atoms with Gasteiger partial charge in [0.2, 0.25) is 5.91 Å². The van der Waals surface area contributed by atoms with Gasteiger partial charge in [0.25, 0.3) is 0 Å². The number of carbonyl (C=O) groups excluding carboxylic acids is 1. The second-order valence-electron chi connectivity index (χ2n) is 6.86. The lowest BCUT2D eigenvalue weighted by atomic mass is 10.2. The standard InChI is InChI=1S/C22H26N4O2S/c1-25-13-15-26(16-14-25)20-6-4-3-5-19(20)23-22(29)24-21(27)12-9-17-7-10-18(28-2)11-8-17/h3-12H,13-16H2,1-2H3,(H2,23,24,27,29). The van der Waals surface area contributed by atoms with Crippen LogP contribution in [0.25, 0.3) is 6.08 Å². The van der Waals surface area contributed by atoms with Gasteiger partial charge >= 0.3 is 0 Å². The maximum Gasteiger partial charge on any atom is 0.250 e. The molecule has 0 saturated carbocycles. The lowest BCUT2D eigenvalue weighted by Gasteiger charge is -2.35. The van der Waals surface area contributed by atoms with Crippen molar-refractivity contribution in [2.24, 2.45) is 0 Å². The summed E-state index contributed by atoms with van der Waals surface area (Å²) >= 11 is 5.34. The molecule has 29 heavy (non-hydrogen) atoms. The van der Waals surface area contributed by atoms with Crippen molar-refractivity contribution in [3.8, 4) is 5.75 Å². The highest BCUT2D eigenvalue weighted by atomic mass is 32.1. The van der Waals surface area contributed by atoms with E-state index in [0.29, 0.717) is 0 Å². The molecule has 0 aromatic heterocycles. The van der Waals surface area contributed by atoms with Crippen LogP contribution >= 0.6 is 12.2 Å². The number of methoxy groups -OCH3 is 1. The van der Waals surface area contributed by atoms with Crippen LogP contribution in [0.4, 0.5) is 11.4 Å². The third-order valence-corrected chi connectivity index (χ3v) is 4.98. The Kier molecular flexibility index (Phi) is 7.21. The highest BCUT2D eigenvalue weighted by Gasteiger charge is 2.17. The zero-order valence-corrected chi connectivity index (χ0v) is 17.5. The van der Waals surface area contributed by atoms with Gasteiger partial charge in [-0.15, -0.1) is 0 Å². The molecular weight excluding hydrogens is 384 g/mol. The van der Waals surface area contributed by atoms with Gasteiger partial charge in [-0.3, -0.25) is 10.1 Å². The van der Waals surface area contributed by atoms with Gasteiger partial charge < -0.3 is 19.9 Å². The molecule has 1 aliphatic rings. The molecule has 1 aliphatic heterocycles. The second-order valence-corrected chi connectivity index (χ2v) is 7.27. The lowest BCUT2D eigenvalue weighted by molar-refractivity contribution is -0.115. The number of nitrogens with zero attached hydrogens (tertiary/aromatic N) is 2. The fraction of sp³-hybridized carbons (Fsp3) is 0.273. The van der Waals surface area contributed by atoms with Crippen molar-refractivity contribution in [1.29, 1.82) is 0 Å². The fourth-order valence-corrected chi connectivity index (χ4v) is 3.31. The number of likely N-dealkylation sites (N-methyl/N-ethyl adjacent to an activating group) is 1. The van der Waals surface area contributed by atoms with Gasteiger partial charge in [0, 0.05) is 32.3 Å². The van der Waals surface area contributed by atoms with E-state index < -0.39 is 0 Å². The minimum absolute atomic E-state index is 0.274. The van der Waals surface area contributed by atoms with Crippen LogP contribution in [0.3, 0.4) is 0 Å². The highest BCUT2D eigenvalue weighted by Crippen LogP contribution is 2.26. The van der Waals surface area contributed by atoms with E-state index in [2.05, 4.69) is 33.5 Å². The SMILES string of the molecule is COc1ccc(C=CC(=O)NC(=S)Nc2ccccc2N2CCN(C)CC2)cc1. The van der Waals surface area contributed by atoms with E-state index in [0.717, 1.165) is 48.9 Å². The summed E-state index contributed by atoms with van der Waals surface area (Å²) in [5.74, 6) is 0.492. The average molecular weight is 411 g/mol. The summed E-state index contributed by atoms with van der Waals surface area (Å²) in [7, 11) is 3.75. The molecular formula is C22H26N4O2S. The molecule has 0 aliphatic carbocycles. The first-order chi connectivity index (χ1) is 14.0. The predicted octanol–water partition coefficient (Wildman–Crippen LogP) is 2.97. The molecule has 1 amide bonds. The number of rotatable bonds is 5. The zero-order valence-electron chi connectivity index (χ0n) is 16.7. The minimum atomic E-state index is -0.282. The van der Waals surface area contributed by atoms with Gasteiger partial charge in [0.15, 0.2) is 5.11 Å². The summed E-state index contributed by atoms with van der Waals surface area (Å²) < 4.78 is 5.13. The summed E-state index contributed by atoms with van der Waals surface area (Å²) in [5, 5.41) is 6.13. The first-order valence-corrected chi connectivity index (χ1v) is 9.92. The predicted molar refractivity (Wildman–Crippen MR) is 123 cm³/mol. The number of benzene rings is 2. The Balaban J connectivity index is 1.57. The van der Waals surface area contributed by atoms with Gasteiger partial charge in [-0.05, 0) is 55.2 Å². The van der Waals surface area contributed by atoms with Gasteiger partial charge in [-0.1, -0.05) is 24.3 Å². The number of hydrogen-bond donors (Lipinski definition) is 2. The molecule has 2 aromatic rings. The normalized spacial score (nSPS) is 14.6. The minimum Gasteiger partial charge on any atom is -0.497 e.